The minimum Gasteiger partial charge on any atom is -0.479 e. The summed E-state index contributed by atoms with van der Waals surface area (Å²) in [5.74, 6) is -1.14. The van der Waals surface area contributed by atoms with E-state index in [2.05, 4.69) is 4.74 Å². The first-order chi connectivity index (χ1) is 6.77. The highest BCUT2D eigenvalue weighted by Crippen LogP contribution is 2.07. The van der Waals surface area contributed by atoms with Crippen molar-refractivity contribution in [3.05, 3.63) is 0 Å². The minimum absolute atomic E-state index is 0.211. The molecule has 5 heteroatoms. The third-order valence-corrected chi connectivity index (χ3v) is 1.37. The van der Waals surface area contributed by atoms with E-state index in [9.17, 15) is 9.59 Å². The lowest BCUT2D eigenvalue weighted by Gasteiger charge is -2.18. The van der Waals surface area contributed by atoms with Gasteiger partial charge in [-0.3, -0.25) is 4.79 Å². The van der Waals surface area contributed by atoms with Crippen LogP contribution in [-0.4, -0.2) is 35.9 Å². The van der Waals surface area contributed by atoms with Crippen molar-refractivity contribution >= 4 is 11.9 Å². The molecule has 0 aromatic rings. The fraction of sp³-hybridized carbons (Fsp3) is 0.800. The second kappa shape index (κ2) is 8.23. The van der Waals surface area contributed by atoms with E-state index in [1.54, 1.807) is 13.8 Å². The molecule has 0 saturated carbocycles. The molecule has 0 spiro atoms. The summed E-state index contributed by atoms with van der Waals surface area (Å²) in [4.78, 5) is 20.1. The molecule has 0 aliphatic heterocycles. The van der Waals surface area contributed by atoms with E-state index in [4.69, 9.17) is 9.84 Å². The normalized spacial score (nSPS) is 9.93. The second-order valence-corrected chi connectivity index (χ2v) is 3.17. The molecule has 0 aromatic carbocycles. The number of carboxylic acids is 1. The third kappa shape index (κ3) is 10.8. The molecule has 0 heterocycles. The Balaban J connectivity index is 0. The van der Waals surface area contributed by atoms with Gasteiger partial charge >= 0.3 is 11.9 Å². The Morgan fingerprint density at radius 3 is 1.73 bits per heavy atom. The number of carbonyl (C=O) groups is 2. The molecule has 0 radical (unpaired) electrons. The number of carbonyl (C=O) groups excluding carboxylic acids is 1. The largest absolute Gasteiger partial charge is 0.479 e. The van der Waals surface area contributed by atoms with Crippen molar-refractivity contribution in [2.45, 2.75) is 40.2 Å². The van der Waals surface area contributed by atoms with Crippen molar-refractivity contribution in [2.24, 2.45) is 0 Å². The van der Waals surface area contributed by atoms with Crippen molar-refractivity contribution in [2.75, 3.05) is 13.2 Å². The Labute approximate surface area is 90.4 Å². The van der Waals surface area contributed by atoms with Crippen LogP contribution in [0.1, 0.15) is 34.6 Å². The van der Waals surface area contributed by atoms with Gasteiger partial charge in [0.25, 0.3) is 0 Å². The highest BCUT2D eigenvalue weighted by Gasteiger charge is 2.26. The lowest BCUT2D eigenvalue weighted by atomic mass is 10.1. The van der Waals surface area contributed by atoms with Crippen molar-refractivity contribution in [1.29, 1.82) is 0 Å². The molecule has 0 amide bonds. The van der Waals surface area contributed by atoms with E-state index < -0.39 is 11.6 Å². The van der Waals surface area contributed by atoms with Crippen LogP contribution < -0.4 is 0 Å². The standard InChI is InChI=1S/C6H12O3.C4H8O2/c1-4-9-6(2,3)5(7)8;1-3-6-4(2)5/h4H2,1-3H3,(H,7,8);3H2,1-2H3. The summed E-state index contributed by atoms with van der Waals surface area (Å²) in [6, 6.07) is 0. The van der Waals surface area contributed by atoms with Gasteiger partial charge in [-0.15, -0.1) is 0 Å². The maximum absolute atomic E-state index is 10.3. The molecule has 0 fully saturated rings. The molecule has 0 aliphatic carbocycles. The van der Waals surface area contributed by atoms with Gasteiger partial charge in [0.15, 0.2) is 5.60 Å². The number of ether oxygens (including phenoxy) is 2. The number of carboxylic acid groups (broad SMARTS) is 1. The average molecular weight is 220 g/mol. The molecule has 0 rings (SSSR count). The summed E-state index contributed by atoms with van der Waals surface area (Å²) in [6.45, 7) is 8.90. The number of esters is 1. The van der Waals surface area contributed by atoms with Gasteiger partial charge in [0.05, 0.1) is 6.61 Å². The monoisotopic (exact) mass is 220 g/mol. The number of hydrogen-bond acceptors (Lipinski definition) is 4. The second-order valence-electron chi connectivity index (χ2n) is 3.17. The van der Waals surface area contributed by atoms with E-state index in [1.165, 1.54) is 20.8 Å². The van der Waals surface area contributed by atoms with E-state index in [-0.39, 0.29) is 5.97 Å². The van der Waals surface area contributed by atoms with Crippen LogP contribution in [-0.2, 0) is 19.1 Å². The predicted molar refractivity (Wildman–Crippen MR) is 55.6 cm³/mol. The summed E-state index contributed by atoms with van der Waals surface area (Å²) in [5, 5.41) is 8.45. The maximum atomic E-state index is 10.3. The Kier molecular flexibility index (Phi) is 8.96. The van der Waals surface area contributed by atoms with Gasteiger partial charge in [0.2, 0.25) is 0 Å². The number of rotatable bonds is 4. The zero-order valence-electron chi connectivity index (χ0n) is 9.99. The molecule has 15 heavy (non-hydrogen) atoms. The Morgan fingerprint density at radius 2 is 1.67 bits per heavy atom. The molecular weight excluding hydrogens is 200 g/mol. The molecule has 90 valence electrons. The van der Waals surface area contributed by atoms with Crippen molar-refractivity contribution in [3.63, 3.8) is 0 Å². The van der Waals surface area contributed by atoms with Crippen molar-refractivity contribution in [3.8, 4) is 0 Å². The maximum Gasteiger partial charge on any atom is 0.335 e. The summed E-state index contributed by atoms with van der Waals surface area (Å²) in [7, 11) is 0. The average Bonchev–Trinajstić information content (AvgIpc) is 2.04. The van der Waals surface area contributed by atoms with E-state index >= 15 is 0 Å². The molecule has 0 bridgehead atoms. The Morgan fingerprint density at radius 1 is 1.20 bits per heavy atom. The summed E-state index contributed by atoms with van der Waals surface area (Å²) >= 11 is 0. The predicted octanol–water partition coefficient (Wildman–Crippen LogP) is 1.46. The van der Waals surface area contributed by atoms with E-state index in [1.807, 2.05) is 0 Å². The zero-order valence-corrected chi connectivity index (χ0v) is 9.99. The van der Waals surface area contributed by atoms with Gasteiger partial charge < -0.3 is 14.6 Å². The first-order valence-corrected chi connectivity index (χ1v) is 4.78. The first-order valence-electron chi connectivity index (χ1n) is 4.78. The fourth-order valence-electron chi connectivity index (χ4n) is 0.626. The summed E-state index contributed by atoms with van der Waals surface area (Å²) in [6.07, 6.45) is 0. The van der Waals surface area contributed by atoms with Gasteiger partial charge in [-0.2, -0.15) is 0 Å². The van der Waals surface area contributed by atoms with Crippen molar-refractivity contribution < 1.29 is 24.2 Å². The minimum atomic E-state index is -1.03. The third-order valence-electron chi connectivity index (χ3n) is 1.37. The van der Waals surface area contributed by atoms with Crippen LogP contribution in [0.3, 0.4) is 0 Å². The Bertz CT molecular complexity index is 198. The lowest BCUT2D eigenvalue weighted by Crippen LogP contribution is -2.34. The molecule has 1 N–H and O–H groups in total. The highest BCUT2D eigenvalue weighted by atomic mass is 16.5. The topological polar surface area (TPSA) is 72.8 Å². The Hall–Kier alpha value is -1.10. The van der Waals surface area contributed by atoms with Gasteiger partial charge in [-0.05, 0) is 27.7 Å². The molecular formula is C10H20O5. The van der Waals surface area contributed by atoms with Gasteiger partial charge in [0.1, 0.15) is 0 Å². The number of aliphatic carboxylic acids is 1. The lowest BCUT2D eigenvalue weighted by molar-refractivity contribution is -0.160. The van der Waals surface area contributed by atoms with Crippen LogP contribution in [0.5, 0.6) is 0 Å². The molecule has 0 aliphatic rings. The zero-order chi connectivity index (χ0) is 12.5. The van der Waals surface area contributed by atoms with Crippen LogP contribution in [0.2, 0.25) is 0 Å². The first kappa shape index (κ1) is 16.3. The van der Waals surface area contributed by atoms with Crippen LogP contribution in [0.4, 0.5) is 0 Å². The van der Waals surface area contributed by atoms with E-state index in [0.717, 1.165) is 0 Å². The fourth-order valence-corrected chi connectivity index (χ4v) is 0.626. The molecule has 5 nitrogen and oxygen atoms in total. The van der Waals surface area contributed by atoms with Crippen LogP contribution in [0, 0.1) is 0 Å². The van der Waals surface area contributed by atoms with Gasteiger partial charge in [-0.25, -0.2) is 4.79 Å². The smallest absolute Gasteiger partial charge is 0.335 e. The summed E-state index contributed by atoms with van der Waals surface area (Å²) in [5.41, 5.74) is -1.03. The van der Waals surface area contributed by atoms with Gasteiger partial charge in [-0.1, -0.05) is 0 Å². The molecule has 0 aromatic heterocycles. The molecule has 0 saturated heterocycles. The van der Waals surface area contributed by atoms with Crippen LogP contribution in [0.25, 0.3) is 0 Å². The molecule has 0 unspecified atom stereocenters. The summed E-state index contributed by atoms with van der Waals surface area (Å²) < 4.78 is 9.29. The van der Waals surface area contributed by atoms with E-state index in [0.29, 0.717) is 13.2 Å². The molecule has 0 atom stereocenters. The van der Waals surface area contributed by atoms with Crippen molar-refractivity contribution in [1.82, 2.24) is 0 Å². The SMILES string of the molecule is CCOC(C)(C)C(=O)O.CCOC(C)=O. The van der Waals surface area contributed by atoms with Crippen LogP contribution >= 0.6 is 0 Å². The quantitative estimate of drug-likeness (QED) is 0.726. The van der Waals surface area contributed by atoms with Crippen LogP contribution in [0.15, 0.2) is 0 Å². The van der Waals surface area contributed by atoms with Gasteiger partial charge in [0, 0.05) is 13.5 Å². The number of hydrogen-bond donors (Lipinski definition) is 1. The highest BCUT2D eigenvalue weighted by molar-refractivity contribution is 5.76.